The molecule has 2 heterocycles. The van der Waals surface area contributed by atoms with Gasteiger partial charge in [-0.3, -0.25) is 18.7 Å². The first-order valence-electron chi connectivity index (χ1n) is 12.0. The first-order valence-corrected chi connectivity index (χ1v) is 13.4. The molecule has 4 rings (SSSR count). The van der Waals surface area contributed by atoms with E-state index in [0.29, 0.717) is 43.7 Å². The van der Waals surface area contributed by atoms with Crippen molar-refractivity contribution in [3.8, 4) is 0 Å². The van der Waals surface area contributed by atoms with E-state index in [1.807, 2.05) is 0 Å². The normalized spacial score (nSPS) is 14.6. The maximum absolute atomic E-state index is 13.4. The molecule has 0 spiro atoms. The summed E-state index contributed by atoms with van der Waals surface area (Å²) in [5, 5.41) is 0.118. The van der Waals surface area contributed by atoms with Crippen LogP contribution in [0.4, 0.5) is 5.69 Å². The fraction of sp³-hybridized carbons (Fsp3) is 0.346. The molecule has 0 atom stereocenters. The summed E-state index contributed by atoms with van der Waals surface area (Å²) in [6.45, 7) is 4.67. The molecule has 2 aromatic carbocycles. The van der Waals surface area contributed by atoms with E-state index in [2.05, 4.69) is 4.98 Å². The molecule has 0 bridgehead atoms. The quantitative estimate of drug-likeness (QED) is 0.487. The Morgan fingerprint density at radius 1 is 1.08 bits per heavy atom. The third kappa shape index (κ3) is 4.86. The molecule has 0 saturated carbocycles. The number of rotatable bonds is 7. The number of anilines is 1. The van der Waals surface area contributed by atoms with Gasteiger partial charge in [0.25, 0.3) is 15.9 Å². The fourth-order valence-corrected chi connectivity index (χ4v) is 5.98. The summed E-state index contributed by atoms with van der Waals surface area (Å²) in [5.41, 5.74) is 0.339. The number of para-hydroxylation sites is 1. The predicted molar refractivity (Wildman–Crippen MR) is 136 cm³/mol. The summed E-state index contributed by atoms with van der Waals surface area (Å²) >= 11 is 0. The Balaban J connectivity index is 1.63. The Labute approximate surface area is 209 Å². The van der Waals surface area contributed by atoms with E-state index in [1.165, 1.54) is 28.7 Å². The standard InChI is InChI=1S/C26H29N3O6S/c1-3-29(19-8-6-5-7-9-19)36(33,34)20-10-11-23-21(16-20)24(30)22(17-27-23)25(31)28-14-12-18(13-15-28)26(32)35-4-2/h5-11,16-18H,3-4,12-15H2,1-2H3,(H,27,30). The lowest BCUT2D eigenvalue weighted by atomic mass is 9.96. The summed E-state index contributed by atoms with van der Waals surface area (Å²) in [4.78, 5) is 42.9. The van der Waals surface area contributed by atoms with Crippen LogP contribution < -0.4 is 9.73 Å². The molecular weight excluding hydrogens is 482 g/mol. The van der Waals surface area contributed by atoms with Gasteiger partial charge in [0.2, 0.25) is 5.43 Å². The maximum Gasteiger partial charge on any atom is 0.309 e. The number of piperidine rings is 1. The van der Waals surface area contributed by atoms with E-state index in [4.69, 9.17) is 4.74 Å². The van der Waals surface area contributed by atoms with Crippen molar-refractivity contribution in [2.75, 3.05) is 30.5 Å². The summed E-state index contributed by atoms with van der Waals surface area (Å²) in [5.74, 6) is -0.977. The average Bonchev–Trinajstić information content (AvgIpc) is 2.89. The summed E-state index contributed by atoms with van der Waals surface area (Å²) < 4.78 is 33.2. The Hall–Kier alpha value is -3.66. The van der Waals surface area contributed by atoms with Gasteiger partial charge in [0.1, 0.15) is 5.56 Å². The van der Waals surface area contributed by atoms with Gasteiger partial charge in [0, 0.05) is 36.7 Å². The molecule has 1 N–H and O–H groups in total. The van der Waals surface area contributed by atoms with Gasteiger partial charge in [0.05, 0.1) is 23.1 Å². The number of amides is 1. The molecular formula is C26H29N3O6S. The summed E-state index contributed by atoms with van der Waals surface area (Å²) in [6.07, 6.45) is 2.29. The third-order valence-electron chi connectivity index (χ3n) is 6.40. The number of sulfonamides is 1. The van der Waals surface area contributed by atoms with Crippen molar-refractivity contribution in [3.05, 3.63) is 70.5 Å². The topological polar surface area (TPSA) is 117 Å². The maximum atomic E-state index is 13.4. The lowest BCUT2D eigenvalue weighted by molar-refractivity contribution is -0.149. The number of carbonyl (C=O) groups is 2. The second-order valence-corrected chi connectivity index (χ2v) is 10.4. The monoisotopic (exact) mass is 511 g/mol. The molecule has 36 heavy (non-hydrogen) atoms. The molecule has 1 fully saturated rings. The number of benzene rings is 2. The molecule has 1 aliphatic rings. The van der Waals surface area contributed by atoms with Crippen LogP contribution in [0.5, 0.6) is 0 Å². The number of nitrogens with one attached hydrogen (secondary N) is 1. The zero-order valence-corrected chi connectivity index (χ0v) is 21.1. The van der Waals surface area contributed by atoms with Crippen LogP contribution in [0.1, 0.15) is 37.0 Å². The van der Waals surface area contributed by atoms with Gasteiger partial charge in [-0.15, -0.1) is 0 Å². The number of aromatic nitrogens is 1. The average molecular weight is 512 g/mol. The highest BCUT2D eigenvalue weighted by Gasteiger charge is 2.30. The minimum Gasteiger partial charge on any atom is -0.466 e. The Bertz CT molecular complexity index is 1430. The highest BCUT2D eigenvalue weighted by atomic mass is 32.2. The predicted octanol–water partition coefficient (Wildman–Crippen LogP) is 3.16. The molecule has 190 valence electrons. The van der Waals surface area contributed by atoms with E-state index in [0.717, 1.165) is 0 Å². The molecule has 1 aromatic heterocycles. The van der Waals surface area contributed by atoms with Gasteiger partial charge >= 0.3 is 5.97 Å². The number of esters is 1. The number of H-pyrrole nitrogens is 1. The van der Waals surface area contributed by atoms with Crippen molar-refractivity contribution in [1.82, 2.24) is 9.88 Å². The second-order valence-electron chi connectivity index (χ2n) is 8.56. The van der Waals surface area contributed by atoms with Gasteiger partial charge in [-0.05, 0) is 57.0 Å². The molecule has 0 unspecified atom stereocenters. The highest BCUT2D eigenvalue weighted by Crippen LogP contribution is 2.25. The zero-order chi connectivity index (χ0) is 25.9. The molecule has 10 heteroatoms. The molecule has 3 aromatic rings. The molecule has 1 saturated heterocycles. The molecule has 1 aliphatic heterocycles. The van der Waals surface area contributed by atoms with E-state index in [1.54, 1.807) is 49.1 Å². The van der Waals surface area contributed by atoms with Crippen molar-refractivity contribution < 1.29 is 22.7 Å². The lowest BCUT2D eigenvalue weighted by Gasteiger charge is -2.30. The lowest BCUT2D eigenvalue weighted by Crippen LogP contribution is -2.42. The summed E-state index contributed by atoms with van der Waals surface area (Å²) in [7, 11) is -3.94. The first kappa shape index (κ1) is 25.4. The fourth-order valence-electron chi connectivity index (χ4n) is 4.48. The summed E-state index contributed by atoms with van der Waals surface area (Å²) in [6, 6.07) is 13.0. The molecule has 1 amide bonds. The number of fused-ring (bicyclic) bond motifs is 1. The number of likely N-dealkylation sites (tertiary alicyclic amines) is 1. The number of hydrogen-bond acceptors (Lipinski definition) is 6. The van der Waals surface area contributed by atoms with Crippen molar-refractivity contribution in [1.29, 1.82) is 0 Å². The number of nitrogens with zero attached hydrogens (tertiary/aromatic N) is 2. The van der Waals surface area contributed by atoms with Gasteiger partial charge in [-0.2, -0.15) is 0 Å². The Morgan fingerprint density at radius 3 is 2.42 bits per heavy atom. The van der Waals surface area contributed by atoms with Crippen LogP contribution >= 0.6 is 0 Å². The van der Waals surface area contributed by atoms with E-state index in [-0.39, 0.29) is 34.3 Å². The number of carbonyl (C=O) groups excluding carboxylic acids is 2. The van der Waals surface area contributed by atoms with Crippen LogP contribution in [-0.4, -0.2) is 56.4 Å². The van der Waals surface area contributed by atoms with E-state index < -0.39 is 21.4 Å². The van der Waals surface area contributed by atoms with Crippen LogP contribution in [0, 0.1) is 5.92 Å². The first-order chi connectivity index (χ1) is 17.3. The minimum absolute atomic E-state index is 0.0361. The number of pyridine rings is 1. The molecule has 9 nitrogen and oxygen atoms in total. The Kier molecular flexibility index (Phi) is 7.44. The van der Waals surface area contributed by atoms with Crippen LogP contribution in [0.15, 0.2) is 64.4 Å². The van der Waals surface area contributed by atoms with E-state index in [9.17, 15) is 22.8 Å². The second kappa shape index (κ2) is 10.5. The minimum atomic E-state index is -3.94. The van der Waals surface area contributed by atoms with Crippen LogP contribution in [0.3, 0.4) is 0 Å². The number of ether oxygens (including phenoxy) is 1. The third-order valence-corrected chi connectivity index (χ3v) is 8.30. The SMILES string of the molecule is CCOC(=O)C1CCN(C(=O)c2c[nH]c3ccc(S(=O)(=O)N(CC)c4ccccc4)cc3c2=O)CC1. The zero-order valence-electron chi connectivity index (χ0n) is 20.3. The van der Waals surface area contributed by atoms with Crippen LogP contribution in [0.25, 0.3) is 10.9 Å². The van der Waals surface area contributed by atoms with Crippen molar-refractivity contribution in [3.63, 3.8) is 0 Å². The van der Waals surface area contributed by atoms with Gasteiger partial charge in [0.15, 0.2) is 0 Å². The van der Waals surface area contributed by atoms with Crippen LogP contribution in [-0.2, 0) is 19.6 Å². The van der Waals surface area contributed by atoms with Crippen molar-refractivity contribution >= 4 is 38.5 Å². The van der Waals surface area contributed by atoms with Crippen LogP contribution in [0.2, 0.25) is 0 Å². The highest BCUT2D eigenvalue weighted by molar-refractivity contribution is 7.92. The Morgan fingerprint density at radius 2 is 1.78 bits per heavy atom. The van der Waals surface area contributed by atoms with Gasteiger partial charge in [-0.1, -0.05) is 18.2 Å². The molecule has 0 aliphatic carbocycles. The van der Waals surface area contributed by atoms with Gasteiger partial charge in [-0.25, -0.2) is 8.42 Å². The van der Waals surface area contributed by atoms with Crippen molar-refractivity contribution in [2.24, 2.45) is 5.92 Å². The van der Waals surface area contributed by atoms with Gasteiger partial charge < -0.3 is 14.6 Å². The van der Waals surface area contributed by atoms with Crippen molar-refractivity contribution in [2.45, 2.75) is 31.6 Å². The number of aromatic amines is 1. The smallest absolute Gasteiger partial charge is 0.309 e. The number of hydrogen-bond donors (Lipinski definition) is 1. The molecule has 0 radical (unpaired) electrons. The largest absolute Gasteiger partial charge is 0.466 e. The van der Waals surface area contributed by atoms with E-state index >= 15 is 0 Å².